The van der Waals surface area contributed by atoms with Gasteiger partial charge < -0.3 is 5.32 Å². The van der Waals surface area contributed by atoms with Crippen LogP contribution in [-0.4, -0.2) is 17.8 Å². The van der Waals surface area contributed by atoms with Gasteiger partial charge in [-0.15, -0.1) is 11.8 Å². The molecular formula is C14H20ClNS. The van der Waals surface area contributed by atoms with Gasteiger partial charge in [-0.05, 0) is 56.5 Å². The summed E-state index contributed by atoms with van der Waals surface area (Å²) >= 11 is 7.89. The second kappa shape index (κ2) is 6.67. The predicted octanol–water partition coefficient (Wildman–Crippen LogP) is 4.35. The van der Waals surface area contributed by atoms with E-state index in [4.69, 9.17) is 11.6 Å². The Kier molecular flexibility index (Phi) is 5.20. The van der Waals surface area contributed by atoms with E-state index in [1.807, 2.05) is 23.9 Å². The summed E-state index contributed by atoms with van der Waals surface area (Å²) in [6.45, 7) is 3.38. The Morgan fingerprint density at radius 2 is 2.06 bits per heavy atom. The topological polar surface area (TPSA) is 12.0 Å². The van der Waals surface area contributed by atoms with Gasteiger partial charge in [-0.2, -0.15) is 0 Å². The second-order valence-electron chi connectivity index (χ2n) is 4.66. The maximum absolute atomic E-state index is 5.89. The van der Waals surface area contributed by atoms with Crippen molar-refractivity contribution in [3.8, 4) is 0 Å². The van der Waals surface area contributed by atoms with E-state index >= 15 is 0 Å². The molecule has 1 saturated carbocycles. The van der Waals surface area contributed by atoms with E-state index in [1.165, 1.54) is 30.6 Å². The van der Waals surface area contributed by atoms with Gasteiger partial charge in [0, 0.05) is 21.2 Å². The summed E-state index contributed by atoms with van der Waals surface area (Å²) in [5, 5.41) is 5.21. The SMILES string of the molecule is CCCNC1CCC(Sc2ccc(Cl)cc2)C1. The molecule has 3 heteroatoms. The lowest BCUT2D eigenvalue weighted by molar-refractivity contribution is 0.524. The van der Waals surface area contributed by atoms with E-state index in [0.717, 1.165) is 22.9 Å². The summed E-state index contributed by atoms with van der Waals surface area (Å²) in [6, 6.07) is 8.94. The quantitative estimate of drug-likeness (QED) is 0.853. The molecule has 1 aromatic carbocycles. The highest BCUT2D eigenvalue weighted by molar-refractivity contribution is 8.00. The van der Waals surface area contributed by atoms with Crippen LogP contribution < -0.4 is 5.32 Å². The minimum atomic E-state index is 0.736. The van der Waals surface area contributed by atoms with E-state index in [9.17, 15) is 0 Å². The van der Waals surface area contributed by atoms with Crippen LogP contribution in [0.4, 0.5) is 0 Å². The van der Waals surface area contributed by atoms with E-state index in [0.29, 0.717) is 0 Å². The van der Waals surface area contributed by atoms with Gasteiger partial charge in [-0.25, -0.2) is 0 Å². The number of benzene rings is 1. The highest BCUT2D eigenvalue weighted by atomic mass is 35.5. The van der Waals surface area contributed by atoms with Gasteiger partial charge in [0.2, 0.25) is 0 Å². The van der Waals surface area contributed by atoms with Gasteiger partial charge in [0.1, 0.15) is 0 Å². The summed E-state index contributed by atoms with van der Waals surface area (Å²) in [6.07, 6.45) is 5.18. The third-order valence-corrected chi connectivity index (χ3v) is 4.74. The van der Waals surface area contributed by atoms with Crippen molar-refractivity contribution in [2.75, 3.05) is 6.54 Å². The number of hydrogen-bond donors (Lipinski definition) is 1. The van der Waals surface area contributed by atoms with Crippen LogP contribution in [0.1, 0.15) is 32.6 Å². The molecule has 1 nitrogen and oxygen atoms in total. The van der Waals surface area contributed by atoms with Crippen molar-refractivity contribution in [1.82, 2.24) is 5.32 Å². The monoisotopic (exact) mass is 269 g/mol. The molecule has 2 rings (SSSR count). The molecule has 0 heterocycles. The Morgan fingerprint density at radius 3 is 2.76 bits per heavy atom. The Balaban J connectivity index is 1.79. The third kappa shape index (κ3) is 4.20. The van der Waals surface area contributed by atoms with Crippen LogP contribution in [0.15, 0.2) is 29.2 Å². The van der Waals surface area contributed by atoms with Crippen LogP contribution >= 0.6 is 23.4 Å². The Hall–Kier alpha value is -0.180. The molecule has 2 atom stereocenters. The number of nitrogens with one attached hydrogen (secondary N) is 1. The number of hydrogen-bond acceptors (Lipinski definition) is 2. The van der Waals surface area contributed by atoms with Gasteiger partial charge in [-0.1, -0.05) is 18.5 Å². The molecular weight excluding hydrogens is 250 g/mol. The summed E-state index contributed by atoms with van der Waals surface area (Å²) in [7, 11) is 0. The molecule has 1 aliphatic carbocycles. The van der Waals surface area contributed by atoms with Gasteiger partial charge >= 0.3 is 0 Å². The zero-order valence-corrected chi connectivity index (χ0v) is 11.9. The highest BCUT2D eigenvalue weighted by Gasteiger charge is 2.24. The van der Waals surface area contributed by atoms with Crippen molar-refractivity contribution >= 4 is 23.4 Å². The van der Waals surface area contributed by atoms with Gasteiger partial charge in [0.25, 0.3) is 0 Å². The first-order valence-corrected chi connectivity index (χ1v) is 7.69. The van der Waals surface area contributed by atoms with Crippen molar-refractivity contribution < 1.29 is 0 Å². The van der Waals surface area contributed by atoms with E-state index in [1.54, 1.807) is 0 Å². The lowest BCUT2D eigenvalue weighted by Gasteiger charge is -2.12. The Morgan fingerprint density at radius 1 is 1.29 bits per heavy atom. The van der Waals surface area contributed by atoms with Crippen molar-refractivity contribution in [2.24, 2.45) is 0 Å². The fourth-order valence-corrected chi connectivity index (χ4v) is 3.67. The minimum Gasteiger partial charge on any atom is -0.314 e. The average Bonchev–Trinajstić information content (AvgIpc) is 2.77. The normalized spacial score (nSPS) is 24.1. The van der Waals surface area contributed by atoms with Crippen LogP contribution in [0.25, 0.3) is 0 Å². The Bertz CT molecular complexity index is 339. The molecule has 0 aliphatic heterocycles. The summed E-state index contributed by atoms with van der Waals surface area (Å²) in [4.78, 5) is 1.34. The molecule has 1 aliphatic rings. The molecule has 0 amide bonds. The first-order valence-electron chi connectivity index (χ1n) is 6.43. The summed E-state index contributed by atoms with van der Waals surface area (Å²) in [5.74, 6) is 0. The molecule has 1 N–H and O–H groups in total. The molecule has 0 radical (unpaired) electrons. The molecule has 1 aromatic rings. The molecule has 2 unspecified atom stereocenters. The lowest BCUT2D eigenvalue weighted by Crippen LogP contribution is -2.27. The van der Waals surface area contributed by atoms with E-state index in [2.05, 4.69) is 24.4 Å². The van der Waals surface area contributed by atoms with Crippen molar-refractivity contribution in [3.05, 3.63) is 29.3 Å². The lowest BCUT2D eigenvalue weighted by atomic mass is 10.2. The standard InChI is InChI=1S/C14H20ClNS/c1-2-9-16-12-5-8-14(10-12)17-13-6-3-11(15)4-7-13/h3-4,6-7,12,14,16H,2,5,8-10H2,1H3. The zero-order valence-electron chi connectivity index (χ0n) is 10.3. The molecule has 17 heavy (non-hydrogen) atoms. The number of rotatable bonds is 5. The van der Waals surface area contributed by atoms with Crippen LogP contribution in [0.3, 0.4) is 0 Å². The predicted molar refractivity (Wildman–Crippen MR) is 77.0 cm³/mol. The van der Waals surface area contributed by atoms with Crippen molar-refractivity contribution in [1.29, 1.82) is 0 Å². The van der Waals surface area contributed by atoms with Crippen LogP contribution in [0.5, 0.6) is 0 Å². The fourth-order valence-electron chi connectivity index (χ4n) is 2.29. The van der Waals surface area contributed by atoms with Crippen molar-refractivity contribution in [2.45, 2.75) is 48.8 Å². The fraction of sp³-hybridized carbons (Fsp3) is 0.571. The molecule has 0 spiro atoms. The zero-order chi connectivity index (χ0) is 12.1. The number of halogens is 1. The summed E-state index contributed by atoms with van der Waals surface area (Å²) < 4.78 is 0. The van der Waals surface area contributed by atoms with E-state index < -0.39 is 0 Å². The van der Waals surface area contributed by atoms with Gasteiger partial charge in [0.05, 0.1) is 0 Å². The maximum Gasteiger partial charge on any atom is 0.0406 e. The number of thioether (sulfide) groups is 1. The molecule has 94 valence electrons. The second-order valence-corrected chi connectivity index (χ2v) is 6.47. The average molecular weight is 270 g/mol. The van der Waals surface area contributed by atoms with Gasteiger partial charge in [0.15, 0.2) is 0 Å². The largest absolute Gasteiger partial charge is 0.314 e. The molecule has 1 fully saturated rings. The van der Waals surface area contributed by atoms with Crippen LogP contribution in [-0.2, 0) is 0 Å². The third-order valence-electron chi connectivity index (χ3n) is 3.18. The van der Waals surface area contributed by atoms with Crippen molar-refractivity contribution in [3.63, 3.8) is 0 Å². The first-order chi connectivity index (χ1) is 8.28. The maximum atomic E-state index is 5.89. The Labute approximate surface area is 113 Å². The van der Waals surface area contributed by atoms with Crippen LogP contribution in [0.2, 0.25) is 5.02 Å². The summed E-state index contributed by atoms with van der Waals surface area (Å²) in [5.41, 5.74) is 0. The van der Waals surface area contributed by atoms with E-state index in [-0.39, 0.29) is 0 Å². The molecule has 0 aromatic heterocycles. The first kappa shape index (κ1) is 13.3. The smallest absolute Gasteiger partial charge is 0.0406 e. The highest BCUT2D eigenvalue weighted by Crippen LogP contribution is 2.35. The minimum absolute atomic E-state index is 0.736. The van der Waals surface area contributed by atoms with Gasteiger partial charge in [-0.3, -0.25) is 0 Å². The van der Waals surface area contributed by atoms with Crippen LogP contribution in [0, 0.1) is 0 Å². The molecule has 0 saturated heterocycles. The molecule has 0 bridgehead atoms.